The van der Waals surface area contributed by atoms with Gasteiger partial charge >= 0.3 is 5.97 Å². The molecule has 2 N–H and O–H groups in total. The van der Waals surface area contributed by atoms with Crippen LogP contribution in [0.1, 0.15) is 43.8 Å². The summed E-state index contributed by atoms with van der Waals surface area (Å²) < 4.78 is 5.21. The van der Waals surface area contributed by atoms with Crippen LogP contribution in [0.2, 0.25) is 0 Å². The second-order valence-corrected chi connectivity index (χ2v) is 5.88. The third kappa shape index (κ3) is 3.50. The van der Waals surface area contributed by atoms with Gasteiger partial charge in [0.05, 0.1) is 16.1 Å². The summed E-state index contributed by atoms with van der Waals surface area (Å²) in [6.45, 7) is -0.259. The Hall–Kier alpha value is -3.22. The van der Waals surface area contributed by atoms with Crippen LogP contribution < -0.4 is 5.73 Å². The van der Waals surface area contributed by atoms with Crippen LogP contribution in [0.5, 0.6) is 0 Å². The standard InChI is InChI=1S/C18H16N2O5/c19-17(21)13-5-7-15(16(9-13)20(23)24)10-25-18(22)14-6-4-11-2-1-3-12(11)8-14/h4-9H,1-3,10H2,(H2,19,21). The Morgan fingerprint density at radius 1 is 1.08 bits per heavy atom. The number of aryl methyl sites for hydroxylation is 2. The van der Waals surface area contributed by atoms with E-state index in [0.29, 0.717) is 5.56 Å². The number of carbonyl (C=O) groups is 2. The number of rotatable bonds is 5. The fourth-order valence-electron chi connectivity index (χ4n) is 2.93. The predicted molar refractivity (Wildman–Crippen MR) is 89.2 cm³/mol. The Labute approximate surface area is 143 Å². The highest BCUT2D eigenvalue weighted by Crippen LogP contribution is 2.24. The van der Waals surface area contributed by atoms with Crippen molar-refractivity contribution in [2.75, 3.05) is 0 Å². The number of nitrogens with zero attached hydrogens (tertiary/aromatic N) is 1. The fraction of sp³-hybridized carbons (Fsp3) is 0.222. The number of fused-ring (bicyclic) bond motifs is 1. The number of benzene rings is 2. The van der Waals surface area contributed by atoms with E-state index in [0.717, 1.165) is 30.9 Å². The van der Waals surface area contributed by atoms with Crippen molar-refractivity contribution in [3.8, 4) is 0 Å². The normalized spacial score (nSPS) is 12.5. The monoisotopic (exact) mass is 340 g/mol. The lowest BCUT2D eigenvalue weighted by Crippen LogP contribution is -2.12. The van der Waals surface area contributed by atoms with Gasteiger partial charge in [0.2, 0.25) is 5.91 Å². The number of nitro benzene ring substituents is 1. The quantitative estimate of drug-likeness (QED) is 0.510. The van der Waals surface area contributed by atoms with Crippen LogP contribution >= 0.6 is 0 Å². The molecule has 128 valence electrons. The molecule has 0 aliphatic heterocycles. The van der Waals surface area contributed by atoms with Crippen molar-refractivity contribution in [3.05, 3.63) is 74.3 Å². The second-order valence-electron chi connectivity index (χ2n) is 5.88. The molecular formula is C18H16N2O5. The van der Waals surface area contributed by atoms with Gasteiger partial charge in [-0.1, -0.05) is 6.07 Å². The van der Waals surface area contributed by atoms with Gasteiger partial charge in [-0.05, 0) is 54.7 Å². The molecule has 0 aromatic heterocycles. The largest absolute Gasteiger partial charge is 0.457 e. The first kappa shape index (κ1) is 16.6. The molecule has 7 heteroatoms. The number of hydrogen-bond donors (Lipinski definition) is 1. The van der Waals surface area contributed by atoms with E-state index >= 15 is 0 Å². The predicted octanol–water partition coefficient (Wildman–Crippen LogP) is 2.54. The van der Waals surface area contributed by atoms with E-state index in [1.54, 1.807) is 6.07 Å². The Bertz CT molecular complexity index is 876. The van der Waals surface area contributed by atoms with Crippen molar-refractivity contribution in [3.63, 3.8) is 0 Å². The zero-order valence-electron chi connectivity index (χ0n) is 13.4. The minimum Gasteiger partial charge on any atom is -0.457 e. The van der Waals surface area contributed by atoms with E-state index < -0.39 is 16.8 Å². The Balaban J connectivity index is 1.75. The van der Waals surface area contributed by atoms with Gasteiger partial charge in [-0.25, -0.2) is 4.79 Å². The van der Waals surface area contributed by atoms with Crippen LogP contribution in [0.15, 0.2) is 36.4 Å². The summed E-state index contributed by atoms with van der Waals surface area (Å²) in [4.78, 5) is 33.9. The fourth-order valence-corrected chi connectivity index (χ4v) is 2.93. The number of nitro groups is 1. The van der Waals surface area contributed by atoms with Crippen molar-refractivity contribution >= 4 is 17.6 Å². The minimum absolute atomic E-state index is 0.0281. The highest BCUT2D eigenvalue weighted by atomic mass is 16.6. The van der Waals surface area contributed by atoms with Crippen LogP contribution in [0.4, 0.5) is 5.69 Å². The summed E-state index contributed by atoms with van der Waals surface area (Å²) in [6.07, 6.45) is 3.03. The molecule has 0 saturated carbocycles. The molecule has 0 spiro atoms. The van der Waals surface area contributed by atoms with Gasteiger partial charge in [0.25, 0.3) is 5.69 Å². The molecule has 3 rings (SSSR count). The molecule has 0 unspecified atom stereocenters. The van der Waals surface area contributed by atoms with E-state index in [-0.39, 0.29) is 23.4 Å². The molecule has 0 heterocycles. The lowest BCUT2D eigenvalue weighted by molar-refractivity contribution is -0.385. The molecule has 1 amide bonds. The Kier molecular flexibility index (Phi) is 4.47. The molecule has 25 heavy (non-hydrogen) atoms. The highest BCUT2D eigenvalue weighted by molar-refractivity contribution is 5.93. The molecule has 0 atom stereocenters. The van der Waals surface area contributed by atoms with Crippen LogP contribution in [0, 0.1) is 10.1 Å². The van der Waals surface area contributed by atoms with Gasteiger partial charge in [0, 0.05) is 11.6 Å². The first-order valence-corrected chi connectivity index (χ1v) is 7.82. The van der Waals surface area contributed by atoms with Crippen molar-refractivity contribution in [2.45, 2.75) is 25.9 Å². The lowest BCUT2D eigenvalue weighted by atomic mass is 10.1. The number of nitrogens with two attached hydrogens (primary N) is 1. The minimum atomic E-state index is -0.759. The zero-order chi connectivity index (χ0) is 18.0. The highest BCUT2D eigenvalue weighted by Gasteiger charge is 2.19. The smallest absolute Gasteiger partial charge is 0.338 e. The van der Waals surface area contributed by atoms with Gasteiger partial charge < -0.3 is 10.5 Å². The molecule has 1 aliphatic rings. The molecule has 0 fully saturated rings. The summed E-state index contributed by atoms with van der Waals surface area (Å²) in [5, 5.41) is 11.2. The first-order chi connectivity index (χ1) is 12.0. The van der Waals surface area contributed by atoms with E-state index in [1.807, 2.05) is 12.1 Å². The maximum atomic E-state index is 12.2. The van der Waals surface area contributed by atoms with Crippen molar-refractivity contribution in [1.82, 2.24) is 0 Å². The molecule has 0 bridgehead atoms. The number of hydrogen-bond acceptors (Lipinski definition) is 5. The number of primary amides is 1. The molecule has 0 radical (unpaired) electrons. The molecule has 2 aromatic rings. The summed E-state index contributed by atoms with van der Waals surface area (Å²) in [6, 6.07) is 9.26. The van der Waals surface area contributed by atoms with Gasteiger partial charge in [0.1, 0.15) is 6.61 Å². The molecule has 7 nitrogen and oxygen atoms in total. The van der Waals surface area contributed by atoms with Gasteiger partial charge in [-0.2, -0.15) is 0 Å². The third-order valence-corrected chi connectivity index (χ3v) is 4.26. The topological polar surface area (TPSA) is 113 Å². The lowest BCUT2D eigenvalue weighted by Gasteiger charge is -2.08. The average Bonchev–Trinajstić information content (AvgIpc) is 3.06. The second kappa shape index (κ2) is 6.72. The third-order valence-electron chi connectivity index (χ3n) is 4.26. The van der Waals surface area contributed by atoms with Crippen LogP contribution in [-0.2, 0) is 24.2 Å². The number of amides is 1. The zero-order valence-corrected chi connectivity index (χ0v) is 13.4. The molecule has 0 saturated heterocycles. The van der Waals surface area contributed by atoms with Crippen molar-refractivity contribution in [2.24, 2.45) is 5.73 Å². The van der Waals surface area contributed by atoms with Crippen LogP contribution in [-0.4, -0.2) is 16.8 Å². The van der Waals surface area contributed by atoms with Gasteiger partial charge in [-0.15, -0.1) is 0 Å². The van der Waals surface area contributed by atoms with Crippen LogP contribution in [0.3, 0.4) is 0 Å². The van der Waals surface area contributed by atoms with E-state index in [4.69, 9.17) is 10.5 Å². The Morgan fingerprint density at radius 2 is 1.80 bits per heavy atom. The number of esters is 1. The average molecular weight is 340 g/mol. The van der Waals surface area contributed by atoms with Gasteiger partial charge in [-0.3, -0.25) is 14.9 Å². The van der Waals surface area contributed by atoms with E-state index in [9.17, 15) is 19.7 Å². The van der Waals surface area contributed by atoms with E-state index in [2.05, 4.69) is 0 Å². The maximum absolute atomic E-state index is 12.2. The van der Waals surface area contributed by atoms with Crippen molar-refractivity contribution in [1.29, 1.82) is 0 Å². The SMILES string of the molecule is NC(=O)c1ccc(COC(=O)c2ccc3c(c2)CCC3)c([N+](=O)[O-])c1. The van der Waals surface area contributed by atoms with Crippen molar-refractivity contribution < 1.29 is 19.2 Å². The maximum Gasteiger partial charge on any atom is 0.338 e. The summed E-state index contributed by atoms with van der Waals surface area (Å²) in [5.74, 6) is -1.30. The summed E-state index contributed by atoms with van der Waals surface area (Å²) in [5.41, 5.74) is 7.87. The Morgan fingerprint density at radius 3 is 2.52 bits per heavy atom. The van der Waals surface area contributed by atoms with E-state index in [1.165, 1.54) is 17.7 Å². The summed E-state index contributed by atoms with van der Waals surface area (Å²) >= 11 is 0. The molecule has 1 aliphatic carbocycles. The van der Waals surface area contributed by atoms with Gasteiger partial charge in [0.15, 0.2) is 0 Å². The number of carbonyl (C=O) groups excluding carboxylic acids is 2. The summed E-state index contributed by atoms with van der Waals surface area (Å²) in [7, 11) is 0. The molecular weight excluding hydrogens is 324 g/mol. The molecule has 2 aromatic carbocycles. The van der Waals surface area contributed by atoms with Crippen LogP contribution in [0.25, 0.3) is 0 Å². The first-order valence-electron chi connectivity index (χ1n) is 7.82. The number of ether oxygens (including phenoxy) is 1.